The standard InChI is InChI=1S/C29H32ClFN6/c1-5-21-7-9-24(26(30)27(21)31)25-18-33-29-28(32-11-12-37(25)29)34-22-8-10-23(19(3)17-22)20(4)36-15-13-35(6-2)14-16-36/h6-12,17,25H,2,4-5,13-16,18H2,1,3H3,(H,32,34). The molecule has 8 heteroatoms. The Hall–Kier alpha value is -3.58. The second-order valence-corrected chi connectivity index (χ2v) is 9.84. The zero-order chi connectivity index (χ0) is 26.1. The molecule has 2 aromatic rings. The summed E-state index contributed by atoms with van der Waals surface area (Å²) in [6, 6.07) is 9.80. The lowest BCUT2D eigenvalue weighted by atomic mass is 10.0. The van der Waals surface area contributed by atoms with Crippen molar-refractivity contribution >= 4 is 34.7 Å². The number of nitrogens with zero attached hydrogens (tertiary/aromatic N) is 5. The van der Waals surface area contributed by atoms with Crippen LogP contribution < -0.4 is 5.32 Å². The summed E-state index contributed by atoms with van der Waals surface area (Å²) in [7, 11) is 0. The maximum absolute atomic E-state index is 14.7. The number of benzene rings is 2. The van der Waals surface area contributed by atoms with Crippen molar-refractivity contribution in [1.82, 2.24) is 14.7 Å². The molecule has 1 N–H and O–H groups in total. The summed E-state index contributed by atoms with van der Waals surface area (Å²) in [5, 5.41) is 3.60. The van der Waals surface area contributed by atoms with E-state index in [0.717, 1.165) is 60.1 Å². The molecule has 5 rings (SSSR count). The number of amidine groups is 2. The van der Waals surface area contributed by atoms with Gasteiger partial charge >= 0.3 is 0 Å². The summed E-state index contributed by atoms with van der Waals surface area (Å²) in [4.78, 5) is 15.8. The van der Waals surface area contributed by atoms with Crippen molar-refractivity contribution in [3.8, 4) is 0 Å². The minimum atomic E-state index is -0.345. The first-order valence-corrected chi connectivity index (χ1v) is 13.0. The van der Waals surface area contributed by atoms with E-state index in [1.807, 2.05) is 42.4 Å². The molecule has 0 radical (unpaired) electrons. The van der Waals surface area contributed by atoms with Gasteiger partial charge in [0.1, 0.15) is 5.82 Å². The van der Waals surface area contributed by atoms with E-state index in [-0.39, 0.29) is 16.9 Å². The van der Waals surface area contributed by atoms with Crippen LogP contribution in [0.25, 0.3) is 5.70 Å². The molecular weight excluding hydrogens is 487 g/mol. The number of anilines is 1. The van der Waals surface area contributed by atoms with Gasteiger partial charge in [-0.1, -0.05) is 49.9 Å². The molecule has 3 aliphatic heterocycles. The van der Waals surface area contributed by atoms with Crippen LogP contribution in [0.4, 0.5) is 10.1 Å². The first-order valence-electron chi connectivity index (χ1n) is 12.6. The summed E-state index contributed by atoms with van der Waals surface area (Å²) in [6.45, 7) is 16.5. The topological polar surface area (TPSA) is 46.5 Å². The van der Waals surface area contributed by atoms with Crippen molar-refractivity contribution in [2.45, 2.75) is 26.3 Å². The maximum Gasteiger partial charge on any atom is 0.173 e. The van der Waals surface area contributed by atoms with Gasteiger partial charge < -0.3 is 20.0 Å². The molecule has 0 amide bonds. The Balaban J connectivity index is 1.29. The first-order chi connectivity index (χ1) is 17.9. The molecule has 3 heterocycles. The number of aryl methyl sites for hydroxylation is 2. The van der Waals surface area contributed by atoms with Crippen LogP contribution in [0.15, 0.2) is 72.1 Å². The molecule has 192 valence electrons. The molecular formula is C29H32ClFN6. The van der Waals surface area contributed by atoms with Crippen molar-refractivity contribution in [3.63, 3.8) is 0 Å². The van der Waals surface area contributed by atoms with Crippen molar-refractivity contribution < 1.29 is 4.39 Å². The predicted octanol–water partition coefficient (Wildman–Crippen LogP) is 5.83. The van der Waals surface area contributed by atoms with Gasteiger partial charge in [-0.05, 0) is 48.4 Å². The molecule has 0 aliphatic carbocycles. The summed E-state index contributed by atoms with van der Waals surface area (Å²) in [6.07, 6.45) is 6.10. The van der Waals surface area contributed by atoms with Crippen LogP contribution in [0.3, 0.4) is 0 Å². The van der Waals surface area contributed by atoms with Gasteiger partial charge in [0, 0.05) is 55.5 Å². The van der Waals surface area contributed by atoms with E-state index in [4.69, 9.17) is 16.6 Å². The zero-order valence-corrected chi connectivity index (χ0v) is 22.1. The first kappa shape index (κ1) is 25.1. The Morgan fingerprint density at radius 3 is 2.70 bits per heavy atom. The lowest BCUT2D eigenvalue weighted by molar-refractivity contribution is 0.229. The minimum Gasteiger partial charge on any atom is -0.374 e. The molecule has 2 aromatic carbocycles. The molecule has 6 nitrogen and oxygen atoms in total. The Bertz CT molecular complexity index is 1320. The lowest BCUT2D eigenvalue weighted by Gasteiger charge is -2.36. The van der Waals surface area contributed by atoms with Gasteiger partial charge in [-0.15, -0.1) is 0 Å². The van der Waals surface area contributed by atoms with Gasteiger partial charge in [0.15, 0.2) is 11.7 Å². The number of hydrogen-bond acceptors (Lipinski definition) is 6. The quantitative estimate of drug-likeness (QED) is 0.522. The van der Waals surface area contributed by atoms with Gasteiger partial charge in [0.05, 0.1) is 17.6 Å². The molecule has 0 aromatic heterocycles. The van der Waals surface area contributed by atoms with Gasteiger partial charge in [0.25, 0.3) is 0 Å². The predicted molar refractivity (Wildman–Crippen MR) is 151 cm³/mol. The second-order valence-electron chi connectivity index (χ2n) is 9.47. The van der Waals surface area contributed by atoms with Crippen LogP contribution in [0.2, 0.25) is 5.02 Å². The average molecular weight is 519 g/mol. The zero-order valence-electron chi connectivity index (χ0n) is 21.3. The van der Waals surface area contributed by atoms with Crippen LogP contribution in [0, 0.1) is 12.7 Å². The molecule has 3 aliphatic rings. The monoisotopic (exact) mass is 518 g/mol. The van der Waals surface area contributed by atoms with E-state index < -0.39 is 0 Å². The van der Waals surface area contributed by atoms with Crippen LogP contribution in [-0.4, -0.2) is 59.1 Å². The third kappa shape index (κ3) is 4.76. The molecule has 1 unspecified atom stereocenters. The summed E-state index contributed by atoms with van der Waals surface area (Å²) in [5.41, 5.74) is 5.57. The van der Waals surface area contributed by atoms with Gasteiger partial charge in [-0.2, -0.15) is 0 Å². The molecule has 1 atom stereocenters. The number of nitrogens with one attached hydrogen (secondary N) is 1. The number of rotatable bonds is 6. The Morgan fingerprint density at radius 1 is 1.22 bits per heavy atom. The summed E-state index contributed by atoms with van der Waals surface area (Å²) >= 11 is 6.44. The molecule has 0 saturated carbocycles. The van der Waals surface area contributed by atoms with Gasteiger partial charge in [-0.3, -0.25) is 4.99 Å². The second kappa shape index (κ2) is 10.4. The molecule has 0 bridgehead atoms. The van der Waals surface area contributed by atoms with Crippen LogP contribution in [0.5, 0.6) is 0 Å². The van der Waals surface area contributed by atoms with E-state index in [0.29, 0.717) is 24.4 Å². The fourth-order valence-corrected chi connectivity index (χ4v) is 5.43. The minimum absolute atomic E-state index is 0.170. The van der Waals surface area contributed by atoms with Gasteiger partial charge in [0.2, 0.25) is 0 Å². The molecule has 1 fully saturated rings. The largest absolute Gasteiger partial charge is 0.374 e. The molecule has 1 saturated heterocycles. The normalized spacial score (nSPS) is 18.9. The highest BCUT2D eigenvalue weighted by atomic mass is 35.5. The third-order valence-corrected chi connectivity index (χ3v) is 7.71. The van der Waals surface area contributed by atoms with Crippen LogP contribution >= 0.6 is 11.6 Å². The van der Waals surface area contributed by atoms with E-state index in [1.54, 1.807) is 6.20 Å². The molecule has 0 spiro atoms. The fourth-order valence-electron chi connectivity index (χ4n) is 5.12. The van der Waals surface area contributed by atoms with E-state index in [9.17, 15) is 4.39 Å². The fraction of sp³-hybridized carbons (Fsp3) is 0.310. The van der Waals surface area contributed by atoms with E-state index in [1.165, 1.54) is 0 Å². The third-order valence-electron chi connectivity index (χ3n) is 7.32. The number of piperazine rings is 1. The molecule has 37 heavy (non-hydrogen) atoms. The van der Waals surface area contributed by atoms with Crippen molar-refractivity contribution in [3.05, 3.63) is 95.2 Å². The Morgan fingerprint density at radius 2 is 2.00 bits per heavy atom. The van der Waals surface area contributed by atoms with Crippen LogP contribution in [-0.2, 0) is 6.42 Å². The highest BCUT2D eigenvalue weighted by Crippen LogP contribution is 2.36. The number of hydrogen-bond donors (Lipinski definition) is 1. The number of aliphatic imine (C=N–C) groups is 2. The van der Waals surface area contributed by atoms with Gasteiger partial charge in [-0.25, -0.2) is 9.38 Å². The Kier molecular flexibility index (Phi) is 7.07. The summed E-state index contributed by atoms with van der Waals surface area (Å²) < 4.78 is 14.7. The number of fused-ring (bicyclic) bond motifs is 1. The van der Waals surface area contributed by atoms with Crippen LogP contribution in [0.1, 0.15) is 35.2 Å². The average Bonchev–Trinajstić information content (AvgIpc) is 3.35. The Labute approximate surface area is 223 Å². The van der Waals surface area contributed by atoms with Crippen molar-refractivity contribution in [2.75, 3.05) is 38.0 Å². The maximum atomic E-state index is 14.7. The SMILES string of the molecule is C=CN1CCN(C(=C)c2ccc(NC3=NC=CN4C3=NCC4c3ccc(CC)c(F)c3Cl)cc2C)CC1. The van der Waals surface area contributed by atoms with Crippen molar-refractivity contribution in [2.24, 2.45) is 9.98 Å². The summed E-state index contributed by atoms with van der Waals surface area (Å²) in [5.74, 6) is 1.02. The van der Waals surface area contributed by atoms with E-state index in [2.05, 4.69) is 52.3 Å². The van der Waals surface area contributed by atoms with Crippen molar-refractivity contribution in [1.29, 1.82) is 0 Å². The lowest BCUT2D eigenvalue weighted by Crippen LogP contribution is -2.42. The smallest absolute Gasteiger partial charge is 0.173 e. The highest BCUT2D eigenvalue weighted by molar-refractivity contribution is 6.45. The van der Waals surface area contributed by atoms with E-state index >= 15 is 0 Å². The number of halogens is 2. The highest BCUT2D eigenvalue weighted by Gasteiger charge is 2.34.